The fourth-order valence-electron chi connectivity index (χ4n) is 1.27. The van der Waals surface area contributed by atoms with Crippen molar-refractivity contribution >= 4 is 23.3 Å². The summed E-state index contributed by atoms with van der Waals surface area (Å²) < 4.78 is 0. The van der Waals surface area contributed by atoms with Crippen LogP contribution in [0.3, 0.4) is 0 Å². The van der Waals surface area contributed by atoms with Crippen LogP contribution in [0.25, 0.3) is 0 Å². The number of anilines is 1. The summed E-state index contributed by atoms with van der Waals surface area (Å²) in [6.07, 6.45) is 1.55. The maximum absolute atomic E-state index is 11.6. The lowest BCUT2D eigenvalue weighted by molar-refractivity contribution is -0.111. The van der Waals surface area contributed by atoms with Crippen LogP contribution in [-0.2, 0) is 4.79 Å². The molecule has 0 radical (unpaired) electrons. The van der Waals surface area contributed by atoms with E-state index in [0.717, 1.165) is 5.56 Å². The van der Waals surface area contributed by atoms with Crippen molar-refractivity contribution < 1.29 is 4.79 Å². The largest absolute Gasteiger partial charge is 0.301 e. The second-order valence-corrected chi connectivity index (χ2v) is 3.81. The van der Waals surface area contributed by atoms with E-state index in [0.29, 0.717) is 10.8 Å². The molecule has 0 aliphatic carbocycles. The summed E-state index contributed by atoms with van der Waals surface area (Å²) in [5.41, 5.74) is 0.778. The average molecular weight is 257 g/mol. The quantitative estimate of drug-likeness (QED) is 0.797. The first-order valence-electron chi connectivity index (χ1n) is 5.24. The number of carbonyl (C=O) groups excluding carboxylic acids is 1. The molecule has 2 rings (SSSR count). The molecule has 1 N–H and O–H groups in total. The first kappa shape index (κ1) is 12.2. The van der Waals surface area contributed by atoms with E-state index < -0.39 is 5.91 Å². The molecule has 1 amide bonds. The Labute approximate surface area is 110 Å². The highest BCUT2D eigenvalue weighted by molar-refractivity contribution is 6.33. The Morgan fingerprint density at radius 1 is 1.17 bits per heavy atom. The van der Waals surface area contributed by atoms with Gasteiger partial charge in [0.05, 0.1) is 5.02 Å². The molecule has 0 atom stereocenters. The lowest BCUT2D eigenvalue weighted by atomic mass is 10.2. The van der Waals surface area contributed by atoms with Gasteiger partial charge in [0.15, 0.2) is 5.82 Å². The molecule has 3 nitrogen and oxygen atoms in total. The Bertz CT molecular complexity index is 614. The summed E-state index contributed by atoms with van der Waals surface area (Å²) in [5, 5.41) is 2.91. The van der Waals surface area contributed by atoms with Crippen LogP contribution in [0.2, 0.25) is 5.02 Å². The Balaban J connectivity index is 2.07. The van der Waals surface area contributed by atoms with Crippen molar-refractivity contribution in [2.45, 2.75) is 0 Å². The van der Waals surface area contributed by atoms with Crippen LogP contribution in [0.1, 0.15) is 5.56 Å². The molecule has 0 bridgehead atoms. The Morgan fingerprint density at radius 2 is 1.94 bits per heavy atom. The number of hydrogen-bond donors (Lipinski definition) is 1. The molecule has 1 aromatic carbocycles. The lowest BCUT2D eigenvalue weighted by Crippen LogP contribution is -2.10. The van der Waals surface area contributed by atoms with Crippen LogP contribution >= 0.6 is 11.6 Å². The molecule has 0 aliphatic rings. The summed E-state index contributed by atoms with van der Waals surface area (Å²) in [6.45, 7) is 0. The van der Waals surface area contributed by atoms with E-state index in [1.807, 2.05) is 30.3 Å². The molecule has 0 unspecified atom stereocenters. The standard InChI is InChI=1S/C14H9ClN2O/c15-12-7-4-10-16-14(12)17-13(18)9-8-11-5-2-1-3-6-11/h1-7,10H,(H,16,17,18). The zero-order valence-corrected chi connectivity index (χ0v) is 10.1. The van der Waals surface area contributed by atoms with Gasteiger partial charge in [-0.05, 0) is 24.3 Å². The number of aromatic nitrogens is 1. The Morgan fingerprint density at radius 3 is 2.67 bits per heavy atom. The molecule has 1 heterocycles. The van der Waals surface area contributed by atoms with Gasteiger partial charge in [0.2, 0.25) is 0 Å². The zero-order chi connectivity index (χ0) is 12.8. The van der Waals surface area contributed by atoms with Gasteiger partial charge >= 0.3 is 5.91 Å². The minimum atomic E-state index is -0.445. The van der Waals surface area contributed by atoms with E-state index >= 15 is 0 Å². The van der Waals surface area contributed by atoms with Gasteiger partial charge in [-0.15, -0.1) is 0 Å². The van der Waals surface area contributed by atoms with Gasteiger partial charge in [-0.3, -0.25) is 10.1 Å². The number of rotatable bonds is 1. The van der Waals surface area contributed by atoms with Crippen LogP contribution in [0.15, 0.2) is 48.7 Å². The van der Waals surface area contributed by atoms with E-state index in [9.17, 15) is 4.79 Å². The number of carbonyl (C=O) groups is 1. The molecular weight excluding hydrogens is 248 g/mol. The number of halogens is 1. The molecule has 0 fully saturated rings. The number of hydrogen-bond acceptors (Lipinski definition) is 2. The maximum Gasteiger partial charge on any atom is 0.301 e. The third kappa shape index (κ3) is 3.34. The Kier molecular flexibility index (Phi) is 3.95. The van der Waals surface area contributed by atoms with Crippen molar-refractivity contribution in [2.75, 3.05) is 5.32 Å². The van der Waals surface area contributed by atoms with Gasteiger partial charge in [-0.1, -0.05) is 35.7 Å². The van der Waals surface area contributed by atoms with E-state index in [-0.39, 0.29) is 0 Å². The monoisotopic (exact) mass is 256 g/mol. The second kappa shape index (κ2) is 5.85. The summed E-state index contributed by atoms with van der Waals surface area (Å²) in [4.78, 5) is 15.5. The highest BCUT2D eigenvalue weighted by Crippen LogP contribution is 2.16. The van der Waals surface area contributed by atoms with Gasteiger partial charge in [-0.2, -0.15) is 0 Å². The number of nitrogens with one attached hydrogen (secondary N) is 1. The molecule has 0 spiro atoms. The molecular formula is C14H9ClN2O. The number of pyridine rings is 1. The first-order chi connectivity index (χ1) is 8.75. The van der Waals surface area contributed by atoms with Gasteiger partial charge in [0.25, 0.3) is 0 Å². The van der Waals surface area contributed by atoms with Crippen molar-refractivity contribution in [3.8, 4) is 11.8 Å². The predicted molar refractivity (Wildman–Crippen MR) is 71.2 cm³/mol. The van der Waals surface area contributed by atoms with Crippen molar-refractivity contribution in [3.05, 3.63) is 59.2 Å². The van der Waals surface area contributed by atoms with E-state index in [2.05, 4.69) is 22.1 Å². The minimum absolute atomic E-state index is 0.312. The van der Waals surface area contributed by atoms with Gasteiger partial charge in [0, 0.05) is 17.7 Å². The molecule has 4 heteroatoms. The number of nitrogens with zero attached hydrogens (tertiary/aromatic N) is 1. The van der Waals surface area contributed by atoms with Crippen LogP contribution in [0, 0.1) is 11.8 Å². The van der Waals surface area contributed by atoms with Crippen molar-refractivity contribution in [2.24, 2.45) is 0 Å². The highest BCUT2D eigenvalue weighted by Gasteiger charge is 2.02. The molecule has 0 saturated heterocycles. The molecule has 0 saturated carbocycles. The molecule has 2 aromatic rings. The Hall–Kier alpha value is -2.31. The normalized spacial score (nSPS) is 9.17. The van der Waals surface area contributed by atoms with E-state index in [4.69, 9.17) is 11.6 Å². The van der Waals surface area contributed by atoms with Crippen LogP contribution in [0.5, 0.6) is 0 Å². The summed E-state index contributed by atoms with van der Waals surface area (Å²) in [7, 11) is 0. The van der Waals surface area contributed by atoms with Crippen LogP contribution in [0.4, 0.5) is 5.82 Å². The van der Waals surface area contributed by atoms with Crippen molar-refractivity contribution in [3.63, 3.8) is 0 Å². The fraction of sp³-hybridized carbons (Fsp3) is 0. The minimum Gasteiger partial charge on any atom is -0.298 e. The molecule has 88 valence electrons. The van der Waals surface area contributed by atoms with Crippen LogP contribution in [-0.4, -0.2) is 10.9 Å². The topological polar surface area (TPSA) is 42.0 Å². The smallest absolute Gasteiger partial charge is 0.298 e. The average Bonchev–Trinajstić information content (AvgIpc) is 2.40. The lowest BCUT2D eigenvalue weighted by Gasteiger charge is -2.00. The zero-order valence-electron chi connectivity index (χ0n) is 9.35. The summed E-state index contributed by atoms with van der Waals surface area (Å²) >= 11 is 5.86. The fourth-order valence-corrected chi connectivity index (χ4v) is 1.44. The molecule has 18 heavy (non-hydrogen) atoms. The van der Waals surface area contributed by atoms with Gasteiger partial charge in [-0.25, -0.2) is 4.98 Å². The predicted octanol–water partition coefficient (Wildman–Crippen LogP) is 2.73. The third-order valence-corrected chi connectivity index (χ3v) is 2.39. The number of benzene rings is 1. The maximum atomic E-state index is 11.6. The third-order valence-electron chi connectivity index (χ3n) is 2.08. The van der Waals surface area contributed by atoms with E-state index in [1.165, 1.54) is 0 Å². The summed E-state index contributed by atoms with van der Waals surface area (Å²) in [6, 6.07) is 12.6. The van der Waals surface area contributed by atoms with Gasteiger partial charge in [0.1, 0.15) is 0 Å². The van der Waals surface area contributed by atoms with Crippen molar-refractivity contribution in [1.29, 1.82) is 0 Å². The van der Waals surface area contributed by atoms with Crippen molar-refractivity contribution in [1.82, 2.24) is 4.98 Å². The number of amides is 1. The second-order valence-electron chi connectivity index (χ2n) is 3.40. The SMILES string of the molecule is O=C(C#Cc1ccccc1)Nc1ncccc1Cl. The molecule has 1 aromatic heterocycles. The van der Waals surface area contributed by atoms with E-state index in [1.54, 1.807) is 18.3 Å². The van der Waals surface area contributed by atoms with Crippen LogP contribution < -0.4 is 5.32 Å². The highest BCUT2D eigenvalue weighted by atomic mass is 35.5. The van der Waals surface area contributed by atoms with Gasteiger partial charge < -0.3 is 0 Å². The summed E-state index contributed by atoms with van der Waals surface area (Å²) in [5.74, 6) is 5.09. The first-order valence-corrected chi connectivity index (χ1v) is 5.62. The molecule has 0 aliphatic heterocycles.